The predicted molar refractivity (Wildman–Crippen MR) is 128 cm³/mol. The summed E-state index contributed by atoms with van der Waals surface area (Å²) in [6.07, 6.45) is 6.13. The molecule has 2 aromatic rings. The molecule has 2 rings (SSSR count). The highest BCUT2D eigenvalue weighted by Crippen LogP contribution is 2.29. The highest BCUT2D eigenvalue weighted by atomic mass is 32.1. The first-order valence-electron chi connectivity index (χ1n) is 10.4. The van der Waals surface area contributed by atoms with E-state index in [4.69, 9.17) is 4.42 Å². The number of hydrogen-bond donors (Lipinski definition) is 0. The molecule has 0 aliphatic heterocycles. The average molecular weight is 405 g/mol. The average Bonchev–Trinajstić information content (AvgIpc) is 3.23. The Labute approximate surface area is 179 Å². The van der Waals surface area contributed by atoms with Gasteiger partial charge in [0, 0.05) is 10.3 Å². The van der Waals surface area contributed by atoms with Gasteiger partial charge in [0.2, 0.25) is 0 Å². The quantitative estimate of drug-likeness (QED) is 0.464. The van der Waals surface area contributed by atoms with Crippen LogP contribution in [0.4, 0.5) is 0 Å². The molecule has 1 unspecified atom stereocenters. The van der Waals surface area contributed by atoms with Gasteiger partial charge in [-0.25, -0.2) is 0 Å². The fourth-order valence-electron chi connectivity index (χ4n) is 2.21. The van der Waals surface area contributed by atoms with Crippen molar-refractivity contribution in [3.63, 3.8) is 0 Å². The van der Waals surface area contributed by atoms with E-state index in [1.54, 1.807) is 6.26 Å². The molecule has 0 aliphatic carbocycles. The van der Waals surface area contributed by atoms with E-state index in [0.29, 0.717) is 10.8 Å². The van der Waals surface area contributed by atoms with Crippen molar-refractivity contribution in [3.05, 3.63) is 59.2 Å². The normalized spacial score (nSPS) is 12.9. The molecule has 28 heavy (non-hydrogen) atoms. The van der Waals surface area contributed by atoms with Gasteiger partial charge in [0.15, 0.2) is 0 Å². The van der Waals surface area contributed by atoms with Gasteiger partial charge in [-0.15, -0.1) is 17.9 Å². The largest absolute Gasteiger partial charge is 0.469 e. The number of hydrogen-bond acceptors (Lipinski definition) is 2. The maximum Gasteiger partial charge on any atom is 0.109 e. The van der Waals surface area contributed by atoms with Gasteiger partial charge in [-0.1, -0.05) is 81.4 Å². The van der Waals surface area contributed by atoms with E-state index < -0.39 is 0 Å². The van der Waals surface area contributed by atoms with Crippen LogP contribution >= 0.6 is 11.3 Å². The molecule has 160 valence electrons. The third-order valence-corrected chi connectivity index (χ3v) is 6.10. The fraction of sp³-hybridized carbons (Fsp3) is 0.615. The Morgan fingerprint density at radius 3 is 1.82 bits per heavy atom. The van der Waals surface area contributed by atoms with Crippen LogP contribution in [0.5, 0.6) is 0 Å². The second-order valence-corrected chi connectivity index (χ2v) is 11.5. The van der Waals surface area contributed by atoms with Crippen LogP contribution in [0.25, 0.3) is 0 Å². The topological polar surface area (TPSA) is 13.1 Å². The van der Waals surface area contributed by atoms with Crippen LogP contribution in [0.1, 0.15) is 92.7 Å². The van der Waals surface area contributed by atoms with Crippen molar-refractivity contribution < 1.29 is 4.42 Å². The summed E-state index contributed by atoms with van der Waals surface area (Å²) in [5.41, 5.74) is 0.959. The Balaban J connectivity index is 0.000000391. The Hall–Kier alpha value is -1.28. The summed E-state index contributed by atoms with van der Waals surface area (Å²) in [6, 6.07) is 8.20. The van der Waals surface area contributed by atoms with E-state index in [0.717, 1.165) is 18.1 Å². The van der Waals surface area contributed by atoms with Gasteiger partial charge in [-0.2, -0.15) is 0 Å². The van der Waals surface area contributed by atoms with Crippen LogP contribution in [0.2, 0.25) is 0 Å². The Morgan fingerprint density at radius 1 is 0.964 bits per heavy atom. The lowest BCUT2D eigenvalue weighted by molar-refractivity contribution is 0.248. The zero-order valence-corrected chi connectivity index (χ0v) is 20.9. The van der Waals surface area contributed by atoms with E-state index in [2.05, 4.69) is 93.3 Å². The summed E-state index contributed by atoms with van der Waals surface area (Å²) in [4.78, 5) is 1.46. The molecular weight excluding hydrogens is 360 g/mol. The number of rotatable bonds is 3. The van der Waals surface area contributed by atoms with Crippen LogP contribution in [-0.4, -0.2) is 0 Å². The van der Waals surface area contributed by atoms with E-state index >= 15 is 0 Å². The van der Waals surface area contributed by atoms with Crippen LogP contribution < -0.4 is 0 Å². The Morgan fingerprint density at radius 2 is 1.57 bits per heavy atom. The minimum atomic E-state index is 0.156. The molecule has 2 heteroatoms. The summed E-state index contributed by atoms with van der Waals surface area (Å²) in [7, 11) is 0. The van der Waals surface area contributed by atoms with Gasteiger partial charge in [0.1, 0.15) is 5.76 Å². The second kappa shape index (κ2) is 11.7. The highest BCUT2D eigenvalue weighted by Gasteiger charge is 2.18. The Bertz CT molecular complexity index is 569. The van der Waals surface area contributed by atoms with Crippen LogP contribution in [0.15, 0.2) is 53.0 Å². The van der Waals surface area contributed by atoms with E-state index in [-0.39, 0.29) is 5.41 Å². The van der Waals surface area contributed by atoms with E-state index in [1.165, 1.54) is 11.3 Å². The second-order valence-electron chi connectivity index (χ2n) is 10.6. The van der Waals surface area contributed by atoms with Gasteiger partial charge in [0.25, 0.3) is 0 Å². The minimum absolute atomic E-state index is 0.156. The SMILES string of the molecule is C=CCCC(C)C(C)(C)C.CC(C)(C)c1ccco1.CC(C)(C)c1cccs1. The third kappa shape index (κ3) is 11.5. The summed E-state index contributed by atoms with van der Waals surface area (Å²) >= 11 is 1.83. The predicted octanol–water partition coefficient (Wildman–Crippen LogP) is 9.26. The van der Waals surface area contributed by atoms with Crippen molar-refractivity contribution in [2.75, 3.05) is 0 Å². The van der Waals surface area contributed by atoms with Crippen LogP contribution in [-0.2, 0) is 10.8 Å². The summed E-state index contributed by atoms with van der Waals surface area (Å²) in [5, 5.41) is 2.13. The number of thiophene rings is 1. The van der Waals surface area contributed by atoms with Gasteiger partial charge in [-0.05, 0) is 53.2 Å². The number of allylic oxidation sites excluding steroid dienone is 1. The highest BCUT2D eigenvalue weighted by molar-refractivity contribution is 7.10. The van der Waals surface area contributed by atoms with Gasteiger partial charge in [-0.3, -0.25) is 0 Å². The molecule has 0 aliphatic rings. The molecule has 0 amide bonds. The van der Waals surface area contributed by atoms with E-state index in [9.17, 15) is 0 Å². The molecule has 1 atom stereocenters. The molecule has 2 heterocycles. The lowest BCUT2D eigenvalue weighted by Crippen LogP contribution is -2.16. The molecule has 0 saturated carbocycles. The van der Waals surface area contributed by atoms with Crippen LogP contribution in [0, 0.1) is 11.3 Å². The molecule has 2 aromatic heterocycles. The fourth-order valence-corrected chi connectivity index (χ4v) is 3.03. The first-order valence-corrected chi connectivity index (χ1v) is 11.3. The van der Waals surface area contributed by atoms with Gasteiger partial charge >= 0.3 is 0 Å². The third-order valence-electron chi connectivity index (χ3n) is 4.80. The zero-order chi connectivity index (χ0) is 22.0. The standard InChI is InChI=1S/C10H20.C8H12O.C8H12S/c1-6-7-8-9(2)10(3,4)5;2*1-8(2,3)7-5-4-6-9-7/h6,9H,1,7-8H2,2-5H3;2*4-6H,1-3H3. The maximum absolute atomic E-state index is 5.20. The van der Waals surface area contributed by atoms with Gasteiger partial charge < -0.3 is 4.42 Å². The van der Waals surface area contributed by atoms with Crippen molar-refractivity contribution in [1.29, 1.82) is 0 Å². The minimum Gasteiger partial charge on any atom is -0.469 e. The van der Waals surface area contributed by atoms with Crippen molar-refractivity contribution in [2.24, 2.45) is 11.3 Å². The maximum atomic E-state index is 5.20. The molecule has 0 N–H and O–H groups in total. The lowest BCUT2D eigenvalue weighted by Gasteiger charge is -2.26. The molecule has 0 spiro atoms. The molecule has 1 nitrogen and oxygen atoms in total. The first-order chi connectivity index (χ1) is 12.7. The summed E-state index contributed by atoms with van der Waals surface area (Å²) in [6.45, 7) is 26.0. The summed E-state index contributed by atoms with van der Waals surface area (Å²) < 4.78 is 5.20. The molecule has 0 radical (unpaired) electrons. The van der Waals surface area contributed by atoms with Crippen molar-refractivity contribution in [2.45, 2.75) is 92.9 Å². The molecule has 0 fully saturated rings. The van der Waals surface area contributed by atoms with E-state index in [1.807, 2.05) is 29.5 Å². The lowest BCUT2D eigenvalue weighted by atomic mass is 9.79. The first kappa shape index (κ1) is 26.7. The number of furan rings is 1. The summed E-state index contributed by atoms with van der Waals surface area (Å²) in [5.74, 6) is 1.84. The Kier molecular flexibility index (Phi) is 11.1. The molecule has 0 aromatic carbocycles. The zero-order valence-electron chi connectivity index (χ0n) is 20.1. The van der Waals surface area contributed by atoms with Crippen molar-refractivity contribution in [1.82, 2.24) is 0 Å². The monoisotopic (exact) mass is 404 g/mol. The molecular formula is C26H44OS. The van der Waals surface area contributed by atoms with Crippen LogP contribution in [0.3, 0.4) is 0 Å². The van der Waals surface area contributed by atoms with Gasteiger partial charge in [0.05, 0.1) is 6.26 Å². The molecule has 0 bridgehead atoms. The molecule has 0 saturated heterocycles. The smallest absolute Gasteiger partial charge is 0.109 e. The van der Waals surface area contributed by atoms with Crippen molar-refractivity contribution >= 4 is 11.3 Å². The van der Waals surface area contributed by atoms with Crippen molar-refractivity contribution in [3.8, 4) is 0 Å².